The van der Waals surface area contributed by atoms with Gasteiger partial charge in [0.25, 0.3) is 0 Å². The first kappa shape index (κ1) is 41.0. The maximum absolute atomic E-state index is 11.9. The number of fused-ring (bicyclic) bond motifs is 2. The van der Waals surface area contributed by atoms with Crippen molar-refractivity contribution in [2.24, 2.45) is 0 Å². The van der Waals surface area contributed by atoms with Crippen LogP contribution in [0.25, 0.3) is 21.8 Å². The van der Waals surface area contributed by atoms with Crippen LogP contribution in [0.3, 0.4) is 0 Å². The van der Waals surface area contributed by atoms with Crippen LogP contribution in [-0.4, -0.2) is 83.9 Å². The van der Waals surface area contributed by atoms with Gasteiger partial charge >= 0.3 is 49.9 Å². The minimum absolute atomic E-state index is 0. The molecule has 0 saturated heterocycles. The fraction of sp³-hybridized carbons (Fsp3) is 0.158. The molecule has 0 aliphatic rings. The summed E-state index contributed by atoms with van der Waals surface area (Å²) < 4.78 is 10.1. The first-order chi connectivity index (χ1) is 25.0. The summed E-state index contributed by atoms with van der Waals surface area (Å²) >= 11 is 11.6. The Labute approximate surface area is 343 Å². The van der Waals surface area contributed by atoms with Crippen molar-refractivity contribution in [3.63, 3.8) is 0 Å². The fourth-order valence-corrected chi connectivity index (χ4v) is 5.51. The van der Waals surface area contributed by atoms with E-state index < -0.39 is 36.2 Å². The number of amides is 2. The molecule has 2 amide bonds. The van der Waals surface area contributed by atoms with E-state index in [-0.39, 0.29) is 63.8 Å². The third-order valence-electron chi connectivity index (χ3n) is 7.92. The van der Waals surface area contributed by atoms with Gasteiger partial charge in [0.15, 0.2) is 0 Å². The van der Waals surface area contributed by atoms with Gasteiger partial charge in [0, 0.05) is 57.1 Å². The molecule has 0 aliphatic heterocycles. The number of carboxylic acids is 2. The zero-order valence-electron chi connectivity index (χ0n) is 28.1. The third kappa shape index (κ3) is 12.2. The van der Waals surface area contributed by atoms with Crippen molar-refractivity contribution in [2.45, 2.75) is 38.1 Å². The number of carbonyl (C=O) groups excluding carboxylic acids is 4. The van der Waals surface area contributed by atoms with Crippen LogP contribution in [0.5, 0.6) is 0 Å². The SMILES string of the molecule is O=C(N[C@@H](Cc1c[nH]c2ccccc12)C(=O)[O-])OCc1ccc(Cl)cc1.O=C(N[C@@H](Cc1c[nH]c2ccccc12)C(=O)[O-])OCc1ccc(Cl)cc1.[Ca+2]. The van der Waals surface area contributed by atoms with E-state index in [0.717, 1.165) is 44.1 Å². The Morgan fingerprint density at radius 2 is 0.943 bits per heavy atom. The van der Waals surface area contributed by atoms with Crippen molar-refractivity contribution in [3.05, 3.63) is 142 Å². The zero-order valence-corrected chi connectivity index (χ0v) is 31.8. The van der Waals surface area contributed by atoms with E-state index in [4.69, 9.17) is 32.7 Å². The number of para-hydroxylation sites is 2. The Morgan fingerprint density at radius 3 is 1.30 bits per heavy atom. The third-order valence-corrected chi connectivity index (χ3v) is 8.42. The van der Waals surface area contributed by atoms with Gasteiger partial charge in [-0.2, -0.15) is 0 Å². The number of rotatable bonds is 12. The quantitative estimate of drug-likeness (QED) is 0.131. The zero-order chi connectivity index (χ0) is 37.0. The summed E-state index contributed by atoms with van der Waals surface area (Å²) in [5, 5.41) is 30.4. The average Bonchev–Trinajstić information content (AvgIpc) is 3.74. The average molecular weight is 784 g/mol. The van der Waals surface area contributed by atoms with Crippen molar-refractivity contribution in [1.29, 1.82) is 0 Å². The molecule has 0 bridgehead atoms. The summed E-state index contributed by atoms with van der Waals surface area (Å²) in [7, 11) is 0. The largest absolute Gasteiger partial charge is 2.00 e. The predicted octanol–water partition coefficient (Wildman–Crippen LogP) is 4.44. The Hall–Kier alpha value is -4.72. The molecule has 0 aliphatic carbocycles. The molecule has 4 N–H and O–H groups in total. The molecule has 6 aromatic rings. The number of benzene rings is 4. The Bertz CT molecular complexity index is 2000. The standard InChI is InChI=1S/2C19H17ClN2O4.Ca/c2*20-14-7-5-12(6-8-14)11-26-19(25)22-17(18(23)24)9-13-10-21-16-4-2-1-3-15(13)16;/h2*1-8,10,17,21H,9,11H2,(H,22,25)(H,23,24);/q;;+2/p-2/t2*17-;/m00./s1. The van der Waals surface area contributed by atoms with Crippen LogP contribution in [0.4, 0.5) is 9.59 Å². The number of alkyl carbamates (subject to hydrolysis) is 2. The summed E-state index contributed by atoms with van der Waals surface area (Å²) in [5.41, 5.74) is 4.81. The second-order valence-electron chi connectivity index (χ2n) is 11.6. The number of nitrogens with one attached hydrogen (secondary N) is 4. The molecule has 2 atom stereocenters. The Kier molecular flexibility index (Phi) is 15.4. The van der Waals surface area contributed by atoms with E-state index in [0.29, 0.717) is 10.0 Å². The molecule has 2 heterocycles. The molecular formula is C38H32CaCl2N4O8. The predicted molar refractivity (Wildman–Crippen MR) is 197 cm³/mol. The molecule has 15 heteroatoms. The van der Waals surface area contributed by atoms with Crippen LogP contribution < -0.4 is 20.8 Å². The van der Waals surface area contributed by atoms with Crippen LogP contribution in [-0.2, 0) is 45.1 Å². The van der Waals surface area contributed by atoms with Crippen LogP contribution in [0.1, 0.15) is 22.3 Å². The van der Waals surface area contributed by atoms with E-state index in [2.05, 4.69) is 20.6 Å². The Balaban J connectivity index is 0.000000232. The van der Waals surface area contributed by atoms with E-state index in [9.17, 15) is 29.4 Å². The van der Waals surface area contributed by atoms with Crippen LogP contribution >= 0.6 is 23.2 Å². The van der Waals surface area contributed by atoms with Gasteiger partial charge in [-0.3, -0.25) is 0 Å². The molecule has 6 rings (SSSR count). The molecule has 53 heavy (non-hydrogen) atoms. The summed E-state index contributed by atoms with van der Waals surface area (Å²) in [5.74, 6) is -2.75. The minimum Gasteiger partial charge on any atom is -0.548 e. The second kappa shape index (κ2) is 19.9. The van der Waals surface area contributed by atoms with E-state index in [1.54, 1.807) is 60.9 Å². The molecule has 0 radical (unpaired) electrons. The summed E-state index contributed by atoms with van der Waals surface area (Å²) in [4.78, 5) is 52.8. The van der Waals surface area contributed by atoms with Crippen molar-refractivity contribution in [3.8, 4) is 0 Å². The van der Waals surface area contributed by atoms with Gasteiger partial charge in [0.05, 0.1) is 24.0 Å². The van der Waals surface area contributed by atoms with Gasteiger partial charge in [-0.15, -0.1) is 0 Å². The first-order valence-corrected chi connectivity index (χ1v) is 16.7. The number of aromatic amines is 2. The molecule has 0 unspecified atom stereocenters. The van der Waals surface area contributed by atoms with Crippen LogP contribution in [0.15, 0.2) is 109 Å². The van der Waals surface area contributed by atoms with Crippen LogP contribution in [0.2, 0.25) is 10.0 Å². The van der Waals surface area contributed by atoms with Gasteiger partial charge in [-0.05, 0) is 58.7 Å². The number of ether oxygens (including phenoxy) is 2. The number of aromatic nitrogens is 2. The van der Waals surface area contributed by atoms with Gasteiger partial charge in [-0.1, -0.05) is 83.9 Å². The molecule has 12 nitrogen and oxygen atoms in total. The number of hydrogen-bond donors (Lipinski definition) is 4. The van der Waals surface area contributed by atoms with Crippen molar-refractivity contribution in [1.82, 2.24) is 20.6 Å². The maximum atomic E-state index is 11.9. The summed E-state index contributed by atoms with van der Waals surface area (Å²) in [6, 6.07) is 26.2. The normalized spacial score (nSPS) is 11.7. The molecule has 0 saturated carbocycles. The molecule has 0 fully saturated rings. The van der Waals surface area contributed by atoms with E-state index >= 15 is 0 Å². The van der Waals surface area contributed by atoms with Gasteiger partial charge < -0.3 is 49.9 Å². The van der Waals surface area contributed by atoms with Crippen LogP contribution in [0, 0.1) is 0 Å². The Morgan fingerprint density at radius 1 is 0.585 bits per heavy atom. The molecule has 2 aromatic heterocycles. The molecule has 0 spiro atoms. The molecule has 268 valence electrons. The van der Waals surface area contributed by atoms with Crippen molar-refractivity contribution >= 4 is 107 Å². The number of aliphatic carboxylic acids is 2. The number of H-pyrrole nitrogens is 2. The van der Waals surface area contributed by atoms with Gasteiger partial charge in [0.2, 0.25) is 0 Å². The number of hydrogen-bond acceptors (Lipinski definition) is 8. The monoisotopic (exact) mass is 782 g/mol. The van der Waals surface area contributed by atoms with Crippen molar-refractivity contribution in [2.75, 3.05) is 0 Å². The van der Waals surface area contributed by atoms with Gasteiger partial charge in [-0.25, -0.2) is 9.59 Å². The summed E-state index contributed by atoms with van der Waals surface area (Å²) in [6.07, 6.45) is 1.97. The molecule has 4 aromatic carbocycles. The topological polar surface area (TPSA) is 188 Å². The second-order valence-corrected chi connectivity index (χ2v) is 12.4. The number of halogens is 2. The summed E-state index contributed by atoms with van der Waals surface area (Å²) in [6.45, 7) is 0.0196. The maximum Gasteiger partial charge on any atom is 2.00 e. The number of carboxylic acid groups (broad SMARTS) is 2. The number of carbonyl (C=O) groups is 4. The molecular weight excluding hydrogens is 751 g/mol. The fourth-order valence-electron chi connectivity index (χ4n) is 5.25. The first-order valence-electron chi connectivity index (χ1n) is 15.9. The van der Waals surface area contributed by atoms with Crippen molar-refractivity contribution < 1.29 is 38.9 Å². The minimum atomic E-state index is -1.38. The van der Waals surface area contributed by atoms with Gasteiger partial charge in [0.1, 0.15) is 13.2 Å². The van der Waals surface area contributed by atoms with E-state index in [1.165, 1.54) is 0 Å². The smallest absolute Gasteiger partial charge is 0.548 e. The van der Waals surface area contributed by atoms with E-state index in [1.807, 2.05) is 48.5 Å².